The first-order valence-electron chi connectivity index (χ1n) is 9.55. The van der Waals surface area contributed by atoms with Gasteiger partial charge in [0.05, 0.1) is 17.2 Å². The van der Waals surface area contributed by atoms with Gasteiger partial charge in [-0.3, -0.25) is 28.8 Å². The number of amides is 2. The fourth-order valence-electron chi connectivity index (χ4n) is 3.61. The molecule has 3 atom stereocenters. The predicted molar refractivity (Wildman–Crippen MR) is 106 cm³/mol. The maximum absolute atomic E-state index is 12.5. The Morgan fingerprint density at radius 3 is 2.52 bits per heavy atom. The molecule has 1 saturated heterocycles. The number of nitrogens with one attached hydrogen (secondary N) is 1. The minimum absolute atomic E-state index is 0.139. The highest BCUT2D eigenvalue weighted by atomic mass is 16.7. The summed E-state index contributed by atoms with van der Waals surface area (Å²) < 4.78 is 7.24. The Hall–Kier alpha value is -3.57. The Bertz CT molecular complexity index is 1130. The molecule has 162 valence electrons. The third kappa shape index (κ3) is 3.80. The molecule has 1 aromatic carbocycles. The fraction of sp³-hybridized carbons (Fsp3) is 0.350. The van der Waals surface area contributed by atoms with Crippen LogP contribution < -0.4 is 11.2 Å². The van der Waals surface area contributed by atoms with E-state index in [9.17, 15) is 19.2 Å². The number of fused-ring (bicyclic) bond motifs is 1. The van der Waals surface area contributed by atoms with Gasteiger partial charge in [-0.05, 0) is 19.1 Å². The number of carbonyl (C=O) groups is 2. The number of ether oxygens (including phenoxy) is 1. The van der Waals surface area contributed by atoms with Gasteiger partial charge in [-0.1, -0.05) is 17.3 Å². The Kier molecular flexibility index (Phi) is 5.53. The second-order valence-electron chi connectivity index (χ2n) is 7.19. The van der Waals surface area contributed by atoms with E-state index in [-0.39, 0.29) is 23.7 Å². The van der Waals surface area contributed by atoms with Gasteiger partial charge in [0, 0.05) is 30.3 Å². The number of aromatic nitrogens is 2. The standard InChI is InChI=1S/C20H20N4O7/c1-11-9-23(20(28)22-17(11)25)16-7-12(8-21-29-2)15(31-16)10-30-24-18(26)13-5-3-4-6-14(13)19(24)27/h3-6,8-9,12,15-16H,7,10H2,1-2H3,(H,22,25,28)/t12?,15-,16-/m1/s1. The number of carbonyl (C=O) groups excluding carboxylic acids is 2. The number of hydrogen-bond acceptors (Lipinski definition) is 8. The number of hydrogen-bond donors (Lipinski definition) is 1. The van der Waals surface area contributed by atoms with E-state index in [1.165, 1.54) is 24.1 Å². The number of hydroxylamine groups is 2. The topological polar surface area (TPSA) is 132 Å². The van der Waals surface area contributed by atoms with Crippen LogP contribution in [-0.4, -0.2) is 52.5 Å². The zero-order valence-corrected chi connectivity index (χ0v) is 16.8. The van der Waals surface area contributed by atoms with Crippen LogP contribution in [0, 0.1) is 12.8 Å². The zero-order chi connectivity index (χ0) is 22.1. The smallest absolute Gasteiger partial charge is 0.330 e. The maximum atomic E-state index is 12.5. The second kappa shape index (κ2) is 8.28. The summed E-state index contributed by atoms with van der Waals surface area (Å²) in [5, 5.41) is 4.49. The molecule has 0 radical (unpaired) electrons. The van der Waals surface area contributed by atoms with E-state index >= 15 is 0 Å². The van der Waals surface area contributed by atoms with Gasteiger partial charge >= 0.3 is 5.69 Å². The molecule has 2 aliphatic heterocycles. The molecule has 31 heavy (non-hydrogen) atoms. The van der Waals surface area contributed by atoms with Gasteiger partial charge < -0.3 is 9.57 Å². The molecule has 0 saturated carbocycles. The van der Waals surface area contributed by atoms with E-state index in [1.807, 2.05) is 0 Å². The molecule has 1 aromatic heterocycles. The Balaban J connectivity index is 1.52. The summed E-state index contributed by atoms with van der Waals surface area (Å²) in [6.45, 7) is 1.44. The van der Waals surface area contributed by atoms with E-state index in [1.54, 1.807) is 31.2 Å². The molecule has 11 nitrogen and oxygen atoms in total. The highest BCUT2D eigenvalue weighted by molar-refractivity contribution is 6.20. The summed E-state index contributed by atoms with van der Waals surface area (Å²) in [5.41, 5.74) is -0.181. The van der Waals surface area contributed by atoms with Crippen LogP contribution in [0.3, 0.4) is 0 Å². The van der Waals surface area contributed by atoms with Crippen molar-refractivity contribution in [2.75, 3.05) is 13.7 Å². The fourth-order valence-corrected chi connectivity index (χ4v) is 3.61. The van der Waals surface area contributed by atoms with Crippen LogP contribution in [0.15, 0.2) is 45.2 Å². The average Bonchev–Trinajstić information content (AvgIpc) is 3.27. The maximum Gasteiger partial charge on any atom is 0.330 e. The SMILES string of the molecule is CON=CC1C[C@H](n2cc(C)c(=O)[nH]c2=O)O[C@@H]1CON1C(=O)c2ccccc2C1=O. The first-order valence-corrected chi connectivity index (χ1v) is 9.55. The van der Waals surface area contributed by atoms with Gasteiger partial charge in [0.15, 0.2) is 0 Å². The molecular weight excluding hydrogens is 408 g/mol. The van der Waals surface area contributed by atoms with Crippen molar-refractivity contribution in [1.82, 2.24) is 14.6 Å². The molecule has 0 aliphatic carbocycles. The van der Waals surface area contributed by atoms with Crippen molar-refractivity contribution in [2.45, 2.75) is 25.7 Å². The largest absolute Gasteiger partial charge is 0.399 e. The quantitative estimate of drug-likeness (QED) is 0.405. The number of nitrogens with zero attached hydrogens (tertiary/aromatic N) is 3. The summed E-state index contributed by atoms with van der Waals surface area (Å²) in [7, 11) is 1.39. The van der Waals surface area contributed by atoms with Crippen LogP contribution >= 0.6 is 0 Å². The van der Waals surface area contributed by atoms with Gasteiger partial charge in [0.25, 0.3) is 17.4 Å². The van der Waals surface area contributed by atoms with E-state index in [2.05, 4.69) is 10.1 Å². The van der Waals surface area contributed by atoms with E-state index < -0.39 is 35.4 Å². The lowest BCUT2D eigenvalue weighted by Gasteiger charge is -2.19. The monoisotopic (exact) mass is 428 g/mol. The first kappa shape index (κ1) is 20.7. The predicted octanol–water partition coefficient (Wildman–Crippen LogP) is 0.609. The lowest BCUT2D eigenvalue weighted by atomic mass is 10.0. The van der Waals surface area contributed by atoms with Gasteiger partial charge in [-0.15, -0.1) is 5.06 Å². The molecule has 2 aliphatic rings. The van der Waals surface area contributed by atoms with Crippen LogP contribution in [-0.2, 0) is 14.4 Å². The highest BCUT2D eigenvalue weighted by Crippen LogP contribution is 2.33. The van der Waals surface area contributed by atoms with Crippen molar-refractivity contribution < 1.29 is 24.0 Å². The Labute approximate surface area is 175 Å². The molecule has 4 rings (SSSR count). The first-order chi connectivity index (χ1) is 14.9. The number of oxime groups is 1. The van der Waals surface area contributed by atoms with Crippen molar-refractivity contribution in [3.05, 3.63) is 68.0 Å². The highest BCUT2D eigenvalue weighted by Gasteiger charge is 2.40. The van der Waals surface area contributed by atoms with Crippen molar-refractivity contribution in [2.24, 2.45) is 11.1 Å². The lowest BCUT2D eigenvalue weighted by molar-refractivity contribution is -0.133. The van der Waals surface area contributed by atoms with Crippen LogP contribution in [0.1, 0.15) is 38.9 Å². The molecule has 1 fully saturated rings. The summed E-state index contributed by atoms with van der Waals surface area (Å²) >= 11 is 0. The van der Waals surface area contributed by atoms with E-state index in [4.69, 9.17) is 14.4 Å². The molecule has 1 N–H and O–H groups in total. The third-order valence-electron chi connectivity index (χ3n) is 5.22. The summed E-state index contributed by atoms with van der Waals surface area (Å²) in [6.07, 6.45) is 1.94. The molecule has 0 bridgehead atoms. The second-order valence-corrected chi connectivity index (χ2v) is 7.19. The Morgan fingerprint density at radius 2 is 1.87 bits per heavy atom. The van der Waals surface area contributed by atoms with E-state index in [0.717, 1.165) is 0 Å². The molecule has 2 amide bonds. The number of aryl methyl sites for hydroxylation is 1. The van der Waals surface area contributed by atoms with Crippen molar-refractivity contribution in [3.8, 4) is 0 Å². The minimum atomic E-state index is -0.702. The van der Waals surface area contributed by atoms with Crippen LogP contribution in [0.5, 0.6) is 0 Å². The van der Waals surface area contributed by atoms with Crippen LogP contribution in [0.25, 0.3) is 0 Å². The lowest BCUT2D eigenvalue weighted by Crippen LogP contribution is -2.36. The van der Waals surface area contributed by atoms with Crippen molar-refractivity contribution in [1.29, 1.82) is 0 Å². The Morgan fingerprint density at radius 1 is 1.19 bits per heavy atom. The summed E-state index contributed by atoms with van der Waals surface area (Å²) in [6, 6.07) is 6.44. The molecule has 3 heterocycles. The van der Waals surface area contributed by atoms with Gasteiger partial charge in [0.1, 0.15) is 19.9 Å². The van der Waals surface area contributed by atoms with Gasteiger partial charge in [0.2, 0.25) is 0 Å². The molecule has 11 heteroatoms. The van der Waals surface area contributed by atoms with Crippen LogP contribution in [0.4, 0.5) is 0 Å². The van der Waals surface area contributed by atoms with E-state index in [0.29, 0.717) is 17.0 Å². The van der Waals surface area contributed by atoms with Crippen molar-refractivity contribution in [3.63, 3.8) is 0 Å². The normalized spacial score (nSPS) is 23.0. The third-order valence-corrected chi connectivity index (χ3v) is 5.22. The number of imide groups is 1. The average molecular weight is 428 g/mol. The summed E-state index contributed by atoms with van der Waals surface area (Å²) in [4.78, 5) is 61.3. The molecular formula is C20H20N4O7. The molecule has 0 spiro atoms. The minimum Gasteiger partial charge on any atom is -0.399 e. The number of aromatic amines is 1. The number of benzene rings is 1. The van der Waals surface area contributed by atoms with Gasteiger partial charge in [-0.25, -0.2) is 4.79 Å². The van der Waals surface area contributed by atoms with Crippen LogP contribution in [0.2, 0.25) is 0 Å². The summed E-state index contributed by atoms with van der Waals surface area (Å²) in [5.74, 6) is -1.44. The van der Waals surface area contributed by atoms with Crippen molar-refractivity contribution >= 4 is 18.0 Å². The zero-order valence-electron chi connectivity index (χ0n) is 16.8. The number of H-pyrrole nitrogens is 1. The van der Waals surface area contributed by atoms with Gasteiger partial charge in [-0.2, -0.15) is 0 Å². The number of rotatable bonds is 6. The molecule has 2 aromatic rings. The molecule has 1 unspecified atom stereocenters.